The number of fused-ring (bicyclic) bond motifs is 1. The van der Waals surface area contributed by atoms with Crippen LogP contribution in [0.15, 0.2) is 6.33 Å². The Labute approximate surface area is 182 Å². The first-order chi connectivity index (χ1) is 15.0. The summed E-state index contributed by atoms with van der Waals surface area (Å²) >= 11 is 0. The summed E-state index contributed by atoms with van der Waals surface area (Å²) in [7, 11) is 1.37. The lowest BCUT2D eigenvalue weighted by Gasteiger charge is -2.25. The second-order valence-corrected chi connectivity index (χ2v) is 7.98. The number of carbonyl (C=O) groups excluding carboxylic acids is 2. The molecule has 0 aromatic carbocycles. The number of alkyl carbamates (subject to hydrolysis) is 1. The molecule has 2 amide bonds. The van der Waals surface area contributed by atoms with Crippen LogP contribution < -0.4 is 10.6 Å². The van der Waals surface area contributed by atoms with Crippen molar-refractivity contribution >= 4 is 29.2 Å². The van der Waals surface area contributed by atoms with Gasteiger partial charge in [0.15, 0.2) is 22.6 Å². The van der Waals surface area contributed by atoms with E-state index in [2.05, 4.69) is 31.5 Å². The van der Waals surface area contributed by atoms with Crippen LogP contribution in [0.4, 0.5) is 19.8 Å². The van der Waals surface area contributed by atoms with E-state index in [1.165, 1.54) is 17.9 Å². The first-order valence-electron chi connectivity index (χ1n) is 9.56. The fourth-order valence-electron chi connectivity index (χ4n) is 3.06. The lowest BCUT2D eigenvalue weighted by molar-refractivity contribution is -0.0908. The van der Waals surface area contributed by atoms with E-state index in [0.29, 0.717) is 0 Å². The van der Waals surface area contributed by atoms with Gasteiger partial charge in [0, 0.05) is 13.5 Å². The number of aliphatic hydroxyl groups excluding tert-OH is 1. The molecule has 3 atom stereocenters. The largest absolute Gasteiger partial charge is 0.445 e. The molecule has 3 heterocycles. The first-order valence-corrected chi connectivity index (χ1v) is 9.56. The van der Waals surface area contributed by atoms with Gasteiger partial charge in [0.25, 0.3) is 0 Å². The number of carbonyl (C=O) groups is 2. The monoisotopic (exact) mass is 450 g/mol. The van der Waals surface area contributed by atoms with Crippen molar-refractivity contribution in [2.75, 3.05) is 19.0 Å². The maximum Gasteiger partial charge on any atom is 0.413 e. The average molecular weight is 450 g/mol. The Morgan fingerprint density at radius 2 is 2.16 bits per heavy atom. The van der Waals surface area contributed by atoms with Crippen molar-refractivity contribution in [3.05, 3.63) is 12.4 Å². The second kappa shape index (κ2) is 8.56. The van der Waals surface area contributed by atoms with Crippen molar-refractivity contribution in [2.45, 2.75) is 50.7 Å². The molecule has 0 radical (unpaired) electrons. The molecule has 12 nitrogen and oxygen atoms in total. The van der Waals surface area contributed by atoms with Gasteiger partial charge in [-0.2, -0.15) is 14.4 Å². The van der Waals surface area contributed by atoms with Crippen molar-refractivity contribution in [3.8, 4) is 12.3 Å². The highest BCUT2D eigenvalue weighted by molar-refractivity contribution is 5.93. The van der Waals surface area contributed by atoms with E-state index in [-0.39, 0.29) is 23.4 Å². The van der Waals surface area contributed by atoms with Gasteiger partial charge >= 0.3 is 18.3 Å². The molecule has 0 bridgehead atoms. The topological polar surface area (TPSA) is 150 Å². The van der Waals surface area contributed by atoms with Crippen molar-refractivity contribution in [1.82, 2.24) is 24.8 Å². The van der Waals surface area contributed by atoms with Gasteiger partial charge in [-0.1, -0.05) is 5.92 Å². The third-order valence-electron chi connectivity index (χ3n) is 4.50. The van der Waals surface area contributed by atoms with E-state index in [1.807, 2.05) is 0 Å². The molecule has 13 heteroatoms. The number of aliphatic hydroxyl groups is 1. The molecule has 3 N–H and O–H groups in total. The lowest BCUT2D eigenvalue weighted by Crippen LogP contribution is -2.44. The number of ether oxygens (including phenoxy) is 3. The van der Waals surface area contributed by atoms with E-state index in [0.717, 1.165) is 0 Å². The summed E-state index contributed by atoms with van der Waals surface area (Å²) in [6.45, 7) is 4.60. The van der Waals surface area contributed by atoms with E-state index in [9.17, 15) is 19.1 Å². The van der Waals surface area contributed by atoms with Gasteiger partial charge in [0.1, 0.15) is 24.5 Å². The number of rotatable bonds is 4. The van der Waals surface area contributed by atoms with Crippen LogP contribution in [-0.2, 0) is 14.2 Å². The van der Waals surface area contributed by atoms with E-state index in [4.69, 9.17) is 20.6 Å². The fraction of sp³-hybridized carbons (Fsp3) is 0.526. The van der Waals surface area contributed by atoms with Gasteiger partial charge in [-0.15, -0.1) is 6.42 Å². The van der Waals surface area contributed by atoms with Crippen LogP contribution >= 0.6 is 0 Å². The summed E-state index contributed by atoms with van der Waals surface area (Å²) in [5.74, 6) is 2.12. The molecule has 0 spiro atoms. The zero-order valence-electron chi connectivity index (χ0n) is 17.9. The molecule has 3 rings (SSSR count). The van der Waals surface area contributed by atoms with Gasteiger partial charge < -0.3 is 24.6 Å². The van der Waals surface area contributed by atoms with E-state index < -0.39 is 48.4 Å². The van der Waals surface area contributed by atoms with Gasteiger partial charge in [0.2, 0.25) is 0 Å². The Hall–Kier alpha value is -3.50. The molecule has 0 aliphatic carbocycles. The van der Waals surface area contributed by atoms with Gasteiger partial charge in [-0.3, -0.25) is 9.88 Å². The SMILES string of the molecule is C#C[C@]1(COC(=O)NC)O[C@@H](n2cnc3c(NC(=O)OC(C)(C)C)nc(F)nc32)C[C@@H]1O. The molecule has 1 saturated heterocycles. The van der Waals surface area contributed by atoms with E-state index >= 15 is 0 Å². The van der Waals surface area contributed by atoms with Crippen LogP contribution in [0.2, 0.25) is 0 Å². The Balaban J connectivity index is 1.89. The number of halogens is 1. The van der Waals surface area contributed by atoms with Crippen molar-refractivity contribution in [2.24, 2.45) is 0 Å². The number of amides is 2. The predicted molar refractivity (Wildman–Crippen MR) is 108 cm³/mol. The number of nitrogens with one attached hydrogen (secondary N) is 2. The Morgan fingerprint density at radius 1 is 1.44 bits per heavy atom. The number of nitrogens with zero attached hydrogens (tertiary/aromatic N) is 4. The van der Waals surface area contributed by atoms with Gasteiger partial charge in [0.05, 0.1) is 6.33 Å². The standard InChI is InChI=1S/C19H23FN6O6/c1-6-19(8-30-16(28)21-5)10(27)7-11(31-19)26-9-22-12-13(23-15(20)25-14(12)26)24-17(29)32-18(2,3)4/h1,9-11,27H,7-8H2,2-5H3,(H,21,28)(H,23,24,25,29)/t10-,11+,19+/m0/s1. The molecule has 0 unspecified atom stereocenters. The minimum Gasteiger partial charge on any atom is -0.445 e. The Kier molecular flexibility index (Phi) is 6.20. The molecule has 2 aromatic rings. The van der Waals surface area contributed by atoms with E-state index in [1.54, 1.807) is 20.8 Å². The predicted octanol–water partition coefficient (Wildman–Crippen LogP) is 1.32. The normalized spacial score (nSPS) is 22.9. The molecule has 0 saturated carbocycles. The van der Waals surface area contributed by atoms with Crippen LogP contribution in [-0.4, -0.2) is 67.8 Å². The molecule has 1 fully saturated rings. The lowest BCUT2D eigenvalue weighted by atomic mass is 9.99. The highest BCUT2D eigenvalue weighted by Crippen LogP contribution is 2.38. The Bertz CT molecular complexity index is 1080. The summed E-state index contributed by atoms with van der Waals surface area (Å²) in [6.07, 6.45) is 1.96. The molecular weight excluding hydrogens is 427 g/mol. The number of imidazole rings is 1. The van der Waals surface area contributed by atoms with Crippen molar-refractivity contribution in [1.29, 1.82) is 0 Å². The van der Waals surface area contributed by atoms with Crippen LogP contribution in [0, 0.1) is 18.4 Å². The van der Waals surface area contributed by atoms with Crippen molar-refractivity contribution < 1.29 is 33.3 Å². The third-order valence-corrected chi connectivity index (χ3v) is 4.50. The molecule has 1 aliphatic rings. The van der Waals surface area contributed by atoms with Crippen molar-refractivity contribution in [3.63, 3.8) is 0 Å². The summed E-state index contributed by atoms with van der Waals surface area (Å²) in [5.41, 5.74) is -2.36. The maximum atomic E-state index is 14.1. The number of anilines is 1. The average Bonchev–Trinajstić information content (AvgIpc) is 3.26. The van der Waals surface area contributed by atoms with Crippen LogP contribution in [0.1, 0.15) is 33.4 Å². The molecule has 172 valence electrons. The molecule has 2 aromatic heterocycles. The maximum absolute atomic E-state index is 14.1. The number of hydrogen-bond acceptors (Lipinski definition) is 9. The number of aromatic nitrogens is 4. The fourth-order valence-corrected chi connectivity index (χ4v) is 3.06. The van der Waals surface area contributed by atoms with Crippen LogP contribution in [0.25, 0.3) is 11.2 Å². The summed E-state index contributed by atoms with van der Waals surface area (Å²) in [4.78, 5) is 34.9. The minimum atomic E-state index is -1.63. The van der Waals surface area contributed by atoms with Gasteiger partial charge in [-0.25, -0.2) is 14.6 Å². The summed E-state index contributed by atoms with van der Waals surface area (Å²) < 4.78 is 31.4. The Morgan fingerprint density at radius 3 is 2.78 bits per heavy atom. The summed E-state index contributed by atoms with van der Waals surface area (Å²) in [5, 5.41) is 15.1. The molecule has 32 heavy (non-hydrogen) atoms. The molecule has 1 aliphatic heterocycles. The number of terminal acetylenes is 1. The zero-order valence-corrected chi connectivity index (χ0v) is 17.9. The zero-order chi connectivity index (χ0) is 23.7. The second-order valence-electron chi connectivity index (χ2n) is 7.98. The number of hydrogen-bond donors (Lipinski definition) is 3. The summed E-state index contributed by atoms with van der Waals surface area (Å²) in [6, 6.07) is 0. The smallest absolute Gasteiger partial charge is 0.413 e. The quantitative estimate of drug-likeness (QED) is 0.463. The van der Waals surface area contributed by atoms with Crippen LogP contribution in [0.5, 0.6) is 0 Å². The van der Waals surface area contributed by atoms with Crippen LogP contribution in [0.3, 0.4) is 0 Å². The van der Waals surface area contributed by atoms with Gasteiger partial charge in [-0.05, 0) is 20.8 Å². The highest BCUT2D eigenvalue weighted by atomic mass is 19.1. The first kappa shape index (κ1) is 23.2. The highest BCUT2D eigenvalue weighted by Gasteiger charge is 2.49. The minimum absolute atomic E-state index is 0.0131. The molecular formula is C19H23FN6O6. The third kappa shape index (κ3) is 4.71.